The van der Waals surface area contributed by atoms with E-state index in [9.17, 15) is 13.2 Å². The number of anilines is 1. The van der Waals surface area contributed by atoms with Crippen LogP contribution in [0.1, 0.15) is 30.4 Å². The highest BCUT2D eigenvalue weighted by Gasteiger charge is 2.27. The molecule has 2 heterocycles. The maximum Gasteiger partial charge on any atom is 0.243 e. The Morgan fingerprint density at radius 2 is 1.79 bits per heavy atom. The average molecular weight is 486 g/mol. The van der Waals surface area contributed by atoms with Crippen molar-refractivity contribution in [2.75, 3.05) is 24.2 Å². The molecule has 0 aliphatic carbocycles. The fourth-order valence-corrected chi connectivity index (χ4v) is 6.23. The number of carbonyl (C=O) groups is 1. The Morgan fingerprint density at radius 3 is 2.52 bits per heavy atom. The van der Waals surface area contributed by atoms with Gasteiger partial charge >= 0.3 is 0 Å². The normalized spacial score (nSPS) is 14.8. The van der Waals surface area contributed by atoms with Crippen LogP contribution >= 0.6 is 11.8 Å². The highest BCUT2D eigenvalue weighted by atomic mass is 32.2. The zero-order chi connectivity index (χ0) is 23.4. The lowest BCUT2D eigenvalue weighted by atomic mass is 10.2. The smallest absolute Gasteiger partial charge is 0.243 e. The Kier molecular flexibility index (Phi) is 7.16. The molecule has 2 aromatic carbocycles. The number of nitrogens with one attached hydrogen (secondary N) is 1. The number of sulfonamides is 1. The van der Waals surface area contributed by atoms with Gasteiger partial charge in [0.05, 0.1) is 10.6 Å². The summed E-state index contributed by atoms with van der Waals surface area (Å²) in [5.74, 6) is -0.129. The Balaban J connectivity index is 1.43. The summed E-state index contributed by atoms with van der Waals surface area (Å²) in [6.07, 6.45) is 4.41. The molecule has 8 nitrogen and oxygen atoms in total. The SMILES string of the molecule is Cc1ccc(-n2cnnc2SCC(=O)Nc2ccc(C)c(S(=O)(=O)N3CCCCC3)c2)cc1. The van der Waals surface area contributed by atoms with Gasteiger partial charge in [0, 0.05) is 24.5 Å². The molecular formula is C23H27N5O3S2. The second-order valence-corrected chi connectivity index (χ2v) is 10.9. The summed E-state index contributed by atoms with van der Waals surface area (Å²) in [6, 6.07) is 13.0. The first-order chi connectivity index (χ1) is 15.8. The molecule has 0 unspecified atom stereocenters. The first kappa shape index (κ1) is 23.5. The molecule has 10 heteroatoms. The van der Waals surface area contributed by atoms with Crippen LogP contribution in [0.15, 0.2) is 58.8 Å². The molecule has 1 amide bonds. The summed E-state index contributed by atoms with van der Waals surface area (Å²) in [7, 11) is -3.58. The maximum absolute atomic E-state index is 13.1. The van der Waals surface area contributed by atoms with E-state index in [1.54, 1.807) is 31.5 Å². The highest BCUT2D eigenvalue weighted by Crippen LogP contribution is 2.26. The number of aromatic nitrogens is 3. The van der Waals surface area contributed by atoms with Gasteiger partial charge in [0.1, 0.15) is 6.33 Å². The van der Waals surface area contributed by atoms with Gasteiger partial charge in [-0.25, -0.2) is 8.42 Å². The van der Waals surface area contributed by atoms with Crippen molar-refractivity contribution in [3.05, 3.63) is 59.9 Å². The van der Waals surface area contributed by atoms with Gasteiger partial charge in [0.2, 0.25) is 15.9 Å². The lowest BCUT2D eigenvalue weighted by molar-refractivity contribution is -0.113. The molecule has 0 atom stereocenters. The van der Waals surface area contributed by atoms with Gasteiger partial charge in [-0.05, 0) is 56.5 Å². The second-order valence-electron chi connectivity index (χ2n) is 8.10. The minimum absolute atomic E-state index is 0.118. The molecule has 0 bridgehead atoms. The van der Waals surface area contributed by atoms with Crippen LogP contribution < -0.4 is 5.32 Å². The summed E-state index contributed by atoms with van der Waals surface area (Å²) in [6.45, 7) is 4.87. The molecule has 3 aromatic rings. The molecule has 1 aliphatic rings. The van der Waals surface area contributed by atoms with Crippen LogP contribution in [0.3, 0.4) is 0 Å². The Bertz CT molecular complexity index is 1230. The van der Waals surface area contributed by atoms with Gasteiger partial charge in [-0.2, -0.15) is 4.31 Å². The van der Waals surface area contributed by atoms with Crippen LogP contribution in [-0.2, 0) is 14.8 Å². The number of carbonyl (C=O) groups excluding carboxylic acids is 1. The van der Waals surface area contributed by atoms with Gasteiger partial charge < -0.3 is 5.32 Å². The summed E-state index contributed by atoms with van der Waals surface area (Å²) >= 11 is 1.27. The number of hydrogen-bond donors (Lipinski definition) is 1. The summed E-state index contributed by atoms with van der Waals surface area (Å²) in [5.41, 5.74) is 3.20. The number of nitrogens with zero attached hydrogens (tertiary/aromatic N) is 4. The van der Waals surface area contributed by atoms with E-state index in [0.29, 0.717) is 29.5 Å². The van der Waals surface area contributed by atoms with Crippen molar-refractivity contribution in [3.63, 3.8) is 0 Å². The fraction of sp³-hybridized carbons (Fsp3) is 0.348. The number of piperidine rings is 1. The van der Waals surface area contributed by atoms with Crippen LogP contribution in [-0.4, -0.2) is 52.2 Å². The number of aryl methyl sites for hydroxylation is 2. The van der Waals surface area contributed by atoms with E-state index >= 15 is 0 Å². The van der Waals surface area contributed by atoms with E-state index in [-0.39, 0.29) is 16.6 Å². The lowest BCUT2D eigenvalue weighted by Crippen LogP contribution is -2.36. The number of hydrogen-bond acceptors (Lipinski definition) is 6. The molecule has 1 saturated heterocycles. The molecular weight excluding hydrogens is 458 g/mol. The first-order valence-corrected chi connectivity index (χ1v) is 13.3. The minimum atomic E-state index is -3.58. The third-order valence-corrected chi connectivity index (χ3v) is 8.55. The minimum Gasteiger partial charge on any atom is -0.325 e. The van der Waals surface area contributed by atoms with Gasteiger partial charge in [0.25, 0.3) is 0 Å². The largest absolute Gasteiger partial charge is 0.325 e. The molecule has 1 aliphatic heterocycles. The van der Waals surface area contributed by atoms with Crippen LogP contribution in [0.25, 0.3) is 5.69 Å². The number of thioether (sulfide) groups is 1. The summed E-state index contributed by atoms with van der Waals surface area (Å²) < 4.78 is 29.6. The Morgan fingerprint density at radius 1 is 1.06 bits per heavy atom. The molecule has 174 valence electrons. The average Bonchev–Trinajstić information content (AvgIpc) is 3.28. The van der Waals surface area contributed by atoms with E-state index < -0.39 is 10.0 Å². The van der Waals surface area contributed by atoms with Gasteiger partial charge in [-0.3, -0.25) is 9.36 Å². The van der Waals surface area contributed by atoms with Gasteiger partial charge in [-0.1, -0.05) is 41.9 Å². The predicted octanol–water partition coefficient (Wildman–Crippen LogP) is 3.79. The summed E-state index contributed by atoms with van der Waals surface area (Å²) in [5, 5.41) is 11.5. The summed E-state index contributed by atoms with van der Waals surface area (Å²) in [4.78, 5) is 12.8. The van der Waals surface area contributed by atoms with Crippen LogP contribution in [0.2, 0.25) is 0 Å². The van der Waals surface area contributed by atoms with E-state index in [1.807, 2.05) is 35.8 Å². The van der Waals surface area contributed by atoms with Crippen molar-refractivity contribution < 1.29 is 13.2 Å². The number of rotatable bonds is 7. The molecule has 0 radical (unpaired) electrons. The second kappa shape index (κ2) is 10.1. The van der Waals surface area contributed by atoms with Crippen molar-refractivity contribution >= 4 is 33.4 Å². The zero-order valence-electron chi connectivity index (χ0n) is 18.7. The van der Waals surface area contributed by atoms with E-state index in [0.717, 1.165) is 30.5 Å². The standard InChI is InChI=1S/C23H27N5O3S2/c1-17-6-10-20(11-7-17)28-16-24-26-23(28)32-15-22(29)25-19-9-8-18(2)21(14-19)33(30,31)27-12-4-3-5-13-27/h6-11,14,16H,3-5,12-13,15H2,1-2H3,(H,25,29). The first-order valence-electron chi connectivity index (χ1n) is 10.8. The van der Waals surface area contributed by atoms with Crippen molar-refractivity contribution in [2.24, 2.45) is 0 Å². The quantitative estimate of drug-likeness (QED) is 0.512. The van der Waals surface area contributed by atoms with Crippen molar-refractivity contribution in [3.8, 4) is 5.69 Å². The lowest BCUT2D eigenvalue weighted by Gasteiger charge is -2.26. The van der Waals surface area contributed by atoms with Crippen LogP contribution in [0, 0.1) is 13.8 Å². The third kappa shape index (κ3) is 5.45. The predicted molar refractivity (Wildman–Crippen MR) is 129 cm³/mol. The van der Waals surface area contributed by atoms with Crippen LogP contribution in [0.5, 0.6) is 0 Å². The third-order valence-electron chi connectivity index (χ3n) is 5.57. The van der Waals surface area contributed by atoms with Crippen molar-refractivity contribution in [2.45, 2.75) is 43.2 Å². The molecule has 1 N–H and O–H groups in total. The zero-order valence-corrected chi connectivity index (χ0v) is 20.3. The molecule has 33 heavy (non-hydrogen) atoms. The Hall–Kier alpha value is -2.69. The van der Waals surface area contributed by atoms with Crippen molar-refractivity contribution in [1.82, 2.24) is 19.1 Å². The number of benzene rings is 2. The fourth-order valence-electron chi connectivity index (χ4n) is 3.73. The molecule has 1 aromatic heterocycles. The topological polar surface area (TPSA) is 97.2 Å². The highest BCUT2D eigenvalue weighted by molar-refractivity contribution is 7.99. The maximum atomic E-state index is 13.1. The molecule has 4 rings (SSSR count). The van der Waals surface area contributed by atoms with E-state index in [1.165, 1.54) is 16.1 Å². The van der Waals surface area contributed by atoms with Gasteiger partial charge in [-0.15, -0.1) is 10.2 Å². The molecule has 0 saturated carbocycles. The molecule has 0 spiro atoms. The van der Waals surface area contributed by atoms with E-state index in [4.69, 9.17) is 0 Å². The Labute approximate surface area is 198 Å². The number of amides is 1. The van der Waals surface area contributed by atoms with Crippen LogP contribution in [0.4, 0.5) is 5.69 Å². The monoisotopic (exact) mass is 485 g/mol. The van der Waals surface area contributed by atoms with E-state index in [2.05, 4.69) is 15.5 Å². The van der Waals surface area contributed by atoms with Crippen molar-refractivity contribution in [1.29, 1.82) is 0 Å². The molecule has 1 fully saturated rings. The van der Waals surface area contributed by atoms with Gasteiger partial charge in [0.15, 0.2) is 5.16 Å².